The van der Waals surface area contributed by atoms with Gasteiger partial charge in [0.25, 0.3) is 5.91 Å². The van der Waals surface area contributed by atoms with Crippen LogP contribution in [-0.2, 0) is 4.79 Å². The zero-order chi connectivity index (χ0) is 13.0. The largest absolute Gasteiger partial charge is 0.481 e. The van der Waals surface area contributed by atoms with Crippen molar-refractivity contribution >= 4 is 11.9 Å². The SMILES string of the molecule is O=C(O)CC1(NC(=O)c2cn[nH]n2)CCNCC1. The zero-order valence-electron chi connectivity index (χ0n) is 9.77. The van der Waals surface area contributed by atoms with Gasteiger partial charge in [0.2, 0.25) is 0 Å². The fraction of sp³-hybridized carbons (Fsp3) is 0.600. The Morgan fingerprint density at radius 3 is 2.72 bits per heavy atom. The number of carbonyl (C=O) groups excluding carboxylic acids is 1. The molecule has 98 valence electrons. The molecule has 1 amide bonds. The van der Waals surface area contributed by atoms with Gasteiger partial charge in [0, 0.05) is 0 Å². The number of carboxylic acids is 1. The molecule has 0 bridgehead atoms. The molecule has 1 fully saturated rings. The Morgan fingerprint density at radius 1 is 1.44 bits per heavy atom. The number of carboxylic acid groups (broad SMARTS) is 1. The standard InChI is InChI=1S/C10H15N5O3/c16-8(17)5-10(1-3-11-4-2-10)13-9(18)7-6-12-15-14-7/h6,11H,1-5H2,(H,13,18)(H,16,17)(H,12,14,15). The van der Waals surface area contributed by atoms with Gasteiger partial charge in [-0.2, -0.15) is 15.4 Å². The summed E-state index contributed by atoms with van der Waals surface area (Å²) in [5, 5.41) is 24.5. The van der Waals surface area contributed by atoms with Gasteiger partial charge in [-0.3, -0.25) is 9.59 Å². The van der Waals surface area contributed by atoms with Gasteiger partial charge in [-0.1, -0.05) is 0 Å². The second-order valence-electron chi connectivity index (χ2n) is 4.41. The van der Waals surface area contributed by atoms with Crippen molar-refractivity contribution in [3.05, 3.63) is 11.9 Å². The fourth-order valence-electron chi connectivity index (χ4n) is 2.16. The summed E-state index contributed by atoms with van der Waals surface area (Å²) in [6.07, 6.45) is 2.40. The molecule has 4 N–H and O–H groups in total. The minimum atomic E-state index is -0.919. The first kappa shape index (κ1) is 12.5. The molecule has 2 rings (SSSR count). The van der Waals surface area contributed by atoms with Crippen molar-refractivity contribution in [3.63, 3.8) is 0 Å². The van der Waals surface area contributed by atoms with Gasteiger partial charge in [0.05, 0.1) is 18.2 Å². The Kier molecular flexibility index (Phi) is 3.56. The highest BCUT2D eigenvalue weighted by Gasteiger charge is 2.36. The first-order chi connectivity index (χ1) is 8.61. The van der Waals surface area contributed by atoms with Gasteiger partial charge in [0.1, 0.15) is 0 Å². The van der Waals surface area contributed by atoms with Crippen LogP contribution >= 0.6 is 0 Å². The minimum absolute atomic E-state index is 0.0850. The molecular formula is C10H15N5O3. The number of H-pyrrole nitrogens is 1. The molecule has 0 aliphatic carbocycles. The van der Waals surface area contributed by atoms with Crippen LogP contribution in [0.4, 0.5) is 0 Å². The molecule has 1 aromatic heterocycles. The summed E-state index contributed by atoms with van der Waals surface area (Å²) in [5.41, 5.74) is -0.536. The average molecular weight is 253 g/mol. The van der Waals surface area contributed by atoms with Gasteiger partial charge in [-0.25, -0.2) is 0 Å². The molecule has 2 heterocycles. The predicted octanol–water partition coefficient (Wildman–Crippen LogP) is -0.869. The van der Waals surface area contributed by atoms with E-state index in [1.165, 1.54) is 6.20 Å². The van der Waals surface area contributed by atoms with Crippen molar-refractivity contribution in [2.75, 3.05) is 13.1 Å². The first-order valence-electron chi connectivity index (χ1n) is 5.72. The quantitative estimate of drug-likeness (QED) is 0.553. The maximum Gasteiger partial charge on any atom is 0.305 e. The Hall–Kier alpha value is -1.96. The van der Waals surface area contributed by atoms with Crippen molar-refractivity contribution in [2.24, 2.45) is 0 Å². The number of nitrogens with one attached hydrogen (secondary N) is 3. The van der Waals surface area contributed by atoms with Crippen LogP contribution in [0, 0.1) is 0 Å². The summed E-state index contributed by atoms with van der Waals surface area (Å²) in [7, 11) is 0. The topological polar surface area (TPSA) is 120 Å². The van der Waals surface area contributed by atoms with Crippen LogP contribution in [0.3, 0.4) is 0 Å². The van der Waals surface area contributed by atoms with Crippen molar-refractivity contribution in [1.82, 2.24) is 26.0 Å². The molecule has 0 radical (unpaired) electrons. The number of aromatic amines is 1. The molecule has 1 saturated heterocycles. The number of hydrogen-bond donors (Lipinski definition) is 4. The van der Waals surface area contributed by atoms with Crippen molar-refractivity contribution < 1.29 is 14.7 Å². The Labute approximate surface area is 103 Å². The lowest BCUT2D eigenvalue weighted by molar-refractivity contribution is -0.138. The highest BCUT2D eigenvalue weighted by atomic mass is 16.4. The third-order valence-corrected chi connectivity index (χ3v) is 3.08. The van der Waals surface area contributed by atoms with Gasteiger partial charge < -0.3 is 15.7 Å². The second-order valence-corrected chi connectivity index (χ2v) is 4.41. The molecule has 0 atom stereocenters. The summed E-state index contributed by atoms with van der Waals surface area (Å²) in [4.78, 5) is 22.8. The molecule has 18 heavy (non-hydrogen) atoms. The normalized spacial score (nSPS) is 18.2. The summed E-state index contributed by atoms with van der Waals surface area (Å²) in [6.45, 7) is 1.37. The molecule has 8 nitrogen and oxygen atoms in total. The highest BCUT2D eigenvalue weighted by Crippen LogP contribution is 2.23. The number of rotatable bonds is 4. The Morgan fingerprint density at radius 2 is 2.17 bits per heavy atom. The predicted molar refractivity (Wildman–Crippen MR) is 60.9 cm³/mol. The van der Waals surface area contributed by atoms with Crippen molar-refractivity contribution in [2.45, 2.75) is 24.8 Å². The molecule has 8 heteroatoms. The molecule has 0 unspecified atom stereocenters. The van der Waals surface area contributed by atoms with Crippen LogP contribution in [0.15, 0.2) is 6.20 Å². The van der Waals surface area contributed by atoms with Crippen molar-refractivity contribution in [3.8, 4) is 0 Å². The third-order valence-electron chi connectivity index (χ3n) is 3.08. The van der Waals surface area contributed by atoms with E-state index in [-0.39, 0.29) is 12.1 Å². The monoisotopic (exact) mass is 253 g/mol. The number of carbonyl (C=O) groups is 2. The van der Waals surface area contributed by atoms with E-state index in [0.29, 0.717) is 25.9 Å². The van der Waals surface area contributed by atoms with Gasteiger partial charge >= 0.3 is 5.97 Å². The van der Waals surface area contributed by atoms with Gasteiger partial charge in [-0.15, -0.1) is 0 Å². The number of amides is 1. The number of aromatic nitrogens is 3. The lowest BCUT2D eigenvalue weighted by Gasteiger charge is -2.37. The maximum absolute atomic E-state index is 11.9. The Bertz CT molecular complexity index is 425. The first-order valence-corrected chi connectivity index (χ1v) is 5.72. The lowest BCUT2D eigenvalue weighted by atomic mass is 9.85. The fourth-order valence-corrected chi connectivity index (χ4v) is 2.16. The molecule has 1 aromatic rings. The second kappa shape index (κ2) is 5.13. The number of nitrogens with zero attached hydrogens (tertiary/aromatic N) is 2. The summed E-state index contributed by atoms with van der Waals surface area (Å²) in [6, 6.07) is 0. The molecule has 0 saturated carbocycles. The van der Waals surface area contributed by atoms with Crippen LogP contribution in [0.25, 0.3) is 0 Å². The van der Waals surface area contributed by atoms with E-state index < -0.39 is 17.4 Å². The molecule has 1 aliphatic heterocycles. The molecule has 0 aromatic carbocycles. The van der Waals surface area contributed by atoms with Crippen LogP contribution in [-0.4, -0.2) is 51.0 Å². The zero-order valence-corrected chi connectivity index (χ0v) is 9.77. The van der Waals surface area contributed by atoms with Crippen LogP contribution in [0.5, 0.6) is 0 Å². The maximum atomic E-state index is 11.9. The molecular weight excluding hydrogens is 238 g/mol. The highest BCUT2D eigenvalue weighted by molar-refractivity contribution is 5.92. The van der Waals surface area contributed by atoms with Gasteiger partial charge in [-0.05, 0) is 25.9 Å². The van der Waals surface area contributed by atoms with Gasteiger partial charge in [0.15, 0.2) is 5.69 Å². The smallest absolute Gasteiger partial charge is 0.305 e. The van der Waals surface area contributed by atoms with Crippen LogP contribution < -0.4 is 10.6 Å². The summed E-state index contributed by atoms with van der Waals surface area (Å²) < 4.78 is 0. The van der Waals surface area contributed by atoms with E-state index in [1.54, 1.807) is 0 Å². The van der Waals surface area contributed by atoms with Crippen molar-refractivity contribution in [1.29, 1.82) is 0 Å². The Balaban J connectivity index is 2.09. The lowest BCUT2D eigenvalue weighted by Crippen LogP contribution is -2.55. The van der Waals surface area contributed by atoms with Crippen LogP contribution in [0.1, 0.15) is 29.8 Å². The summed E-state index contributed by atoms with van der Waals surface area (Å²) in [5.74, 6) is -1.32. The van der Waals surface area contributed by atoms with E-state index in [1.807, 2.05) is 0 Å². The molecule has 1 aliphatic rings. The van der Waals surface area contributed by atoms with E-state index in [9.17, 15) is 9.59 Å². The summed E-state index contributed by atoms with van der Waals surface area (Å²) >= 11 is 0. The van der Waals surface area contributed by atoms with E-state index in [0.717, 1.165) is 0 Å². The number of hydrogen-bond acceptors (Lipinski definition) is 5. The van der Waals surface area contributed by atoms with E-state index in [4.69, 9.17) is 5.11 Å². The van der Waals surface area contributed by atoms with E-state index >= 15 is 0 Å². The minimum Gasteiger partial charge on any atom is -0.481 e. The number of piperidine rings is 1. The average Bonchev–Trinajstić information content (AvgIpc) is 2.82. The van der Waals surface area contributed by atoms with E-state index in [2.05, 4.69) is 26.0 Å². The number of aliphatic carboxylic acids is 1. The third kappa shape index (κ3) is 2.83. The van der Waals surface area contributed by atoms with Crippen LogP contribution in [0.2, 0.25) is 0 Å². The molecule has 0 spiro atoms.